The highest BCUT2D eigenvalue weighted by atomic mass is 16.5. The van der Waals surface area contributed by atoms with Crippen LogP contribution in [0.4, 0.5) is 0 Å². The first-order valence-corrected chi connectivity index (χ1v) is 7.84. The Morgan fingerprint density at radius 3 is 2.90 bits per heavy atom. The lowest BCUT2D eigenvalue weighted by Gasteiger charge is -2.39. The van der Waals surface area contributed by atoms with Crippen molar-refractivity contribution in [2.75, 3.05) is 19.7 Å². The molecule has 3 heteroatoms. The van der Waals surface area contributed by atoms with E-state index >= 15 is 0 Å². The maximum atomic E-state index is 10.5. The topological polar surface area (TPSA) is 32.7 Å². The molecule has 0 radical (unpaired) electrons. The van der Waals surface area contributed by atoms with Crippen molar-refractivity contribution in [3.63, 3.8) is 0 Å². The average Bonchev–Trinajstić information content (AvgIpc) is 2.97. The number of aliphatic hydroxyl groups is 1. The average molecular weight is 275 g/mol. The van der Waals surface area contributed by atoms with Gasteiger partial charge in [0.1, 0.15) is 0 Å². The van der Waals surface area contributed by atoms with Crippen LogP contribution in [-0.2, 0) is 4.74 Å². The van der Waals surface area contributed by atoms with Crippen LogP contribution in [0.1, 0.15) is 37.9 Å². The third kappa shape index (κ3) is 2.90. The molecule has 2 fully saturated rings. The predicted molar refractivity (Wildman–Crippen MR) is 79.5 cm³/mol. The number of nitrogens with zero attached hydrogens (tertiary/aromatic N) is 1. The maximum absolute atomic E-state index is 10.5. The van der Waals surface area contributed by atoms with Gasteiger partial charge in [-0.05, 0) is 30.7 Å². The van der Waals surface area contributed by atoms with Gasteiger partial charge in [-0.1, -0.05) is 37.3 Å². The summed E-state index contributed by atoms with van der Waals surface area (Å²) in [5.74, 6) is 0.247. The Hall–Kier alpha value is -0.900. The molecule has 3 nitrogen and oxygen atoms in total. The van der Waals surface area contributed by atoms with Gasteiger partial charge >= 0.3 is 0 Å². The van der Waals surface area contributed by atoms with Crippen molar-refractivity contribution in [2.45, 2.75) is 44.4 Å². The van der Waals surface area contributed by atoms with Crippen molar-refractivity contribution in [2.24, 2.45) is 5.92 Å². The first-order chi connectivity index (χ1) is 9.75. The molecule has 3 rings (SSSR count). The van der Waals surface area contributed by atoms with E-state index in [9.17, 15) is 5.11 Å². The van der Waals surface area contributed by atoms with Crippen molar-refractivity contribution >= 4 is 0 Å². The normalized spacial score (nSPS) is 29.9. The van der Waals surface area contributed by atoms with Crippen LogP contribution in [0, 0.1) is 5.92 Å². The SMILES string of the molecule is CC(CN1CCOC2CCCC21)C(O)c1ccccc1. The van der Waals surface area contributed by atoms with E-state index in [0.29, 0.717) is 12.1 Å². The molecule has 4 unspecified atom stereocenters. The fourth-order valence-corrected chi connectivity index (χ4v) is 3.68. The molecule has 1 aliphatic heterocycles. The summed E-state index contributed by atoms with van der Waals surface area (Å²) in [4.78, 5) is 2.54. The lowest BCUT2D eigenvalue weighted by molar-refractivity contribution is -0.0657. The van der Waals surface area contributed by atoms with E-state index in [2.05, 4.69) is 11.8 Å². The zero-order valence-corrected chi connectivity index (χ0v) is 12.2. The molecular formula is C17H25NO2. The summed E-state index contributed by atoms with van der Waals surface area (Å²) in [6.07, 6.45) is 3.79. The van der Waals surface area contributed by atoms with Crippen molar-refractivity contribution < 1.29 is 9.84 Å². The molecule has 1 heterocycles. The van der Waals surface area contributed by atoms with Gasteiger partial charge < -0.3 is 9.84 Å². The third-order valence-electron chi connectivity index (χ3n) is 4.80. The molecule has 4 atom stereocenters. The molecule has 20 heavy (non-hydrogen) atoms. The highest BCUT2D eigenvalue weighted by molar-refractivity contribution is 5.17. The monoisotopic (exact) mass is 275 g/mol. The summed E-state index contributed by atoms with van der Waals surface area (Å²) in [7, 11) is 0. The zero-order chi connectivity index (χ0) is 13.9. The van der Waals surface area contributed by atoms with Crippen LogP contribution >= 0.6 is 0 Å². The van der Waals surface area contributed by atoms with Crippen LogP contribution in [0.2, 0.25) is 0 Å². The molecule has 1 aliphatic carbocycles. The van der Waals surface area contributed by atoms with Gasteiger partial charge in [-0.15, -0.1) is 0 Å². The molecule has 2 aliphatic rings. The van der Waals surface area contributed by atoms with Crippen LogP contribution in [0.3, 0.4) is 0 Å². The minimum Gasteiger partial charge on any atom is -0.388 e. The summed E-state index contributed by atoms with van der Waals surface area (Å²) in [5.41, 5.74) is 1.02. The van der Waals surface area contributed by atoms with E-state index in [4.69, 9.17) is 4.74 Å². The van der Waals surface area contributed by atoms with Crippen LogP contribution in [0.15, 0.2) is 30.3 Å². The van der Waals surface area contributed by atoms with Crippen molar-refractivity contribution in [3.05, 3.63) is 35.9 Å². The van der Waals surface area contributed by atoms with Gasteiger partial charge in [-0.25, -0.2) is 0 Å². The van der Waals surface area contributed by atoms with Crippen LogP contribution in [0.25, 0.3) is 0 Å². The summed E-state index contributed by atoms with van der Waals surface area (Å²) < 4.78 is 5.85. The first-order valence-electron chi connectivity index (χ1n) is 7.84. The fourth-order valence-electron chi connectivity index (χ4n) is 3.68. The van der Waals surface area contributed by atoms with Gasteiger partial charge in [0.15, 0.2) is 0 Å². The molecule has 0 amide bonds. The maximum Gasteiger partial charge on any atom is 0.0827 e. The Labute approximate surface area is 121 Å². The smallest absolute Gasteiger partial charge is 0.0827 e. The van der Waals surface area contributed by atoms with E-state index in [0.717, 1.165) is 25.3 Å². The lowest BCUT2D eigenvalue weighted by atomic mass is 9.96. The second-order valence-electron chi connectivity index (χ2n) is 6.24. The Morgan fingerprint density at radius 2 is 2.10 bits per heavy atom. The van der Waals surface area contributed by atoms with Gasteiger partial charge in [0.2, 0.25) is 0 Å². The summed E-state index contributed by atoms with van der Waals surface area (Å²) in [5, 5.41) is 10.5. The van der Waals surface area contributed by atoms with E-state index in [1.54, 1.807) is 0 Å². The molecule has 1 saturated heterocycles. The molecule has 0 aromatic heterocycles. The van der Waals surface area contributed by atoms with E-state index in [1.807, 2.05) is 30.3 Å². The van der Waals surface area contributed by atoms with Crippen LogP contribution in [0.5, 0.6) is 0 Å². The van der Waals surface area contributed by atoms with Gasteiger partial charge in [0.25, 0.3) is 0 Å². The Bertz CT molecular complexity index is 422. The zero-order valence-electron chi connectivity index (χ0n) is 12.2. The minimum absolute atomic E-state index is 0.247. The molecular weight excluding hydrogens is 250 g/mol. The fraction of sp³-hybridized carbons (Fsp3) is 0.647. The van der Waals surface area contributed by atoms with Gasteiger partial charge in [-0.3, -0.25) is 4.90 Å². The van der Waals surface area contributed by atoms with Gasteiger partial charge in [-0.2, -0.15) is 0 Å². The molecule has 1 saturated carbocycles. The molecule has 1 aromatic carbocycles. The number of ether oxygens (including phenoxy) is 1. The summed E-state index contributed by atoms with van der Waals surface area (Å²) >= 11 is 0. The van der Waals surface area contributed by atoms with Crippen LogP contribution < -0.4 is 0 Å². The number of hydrogen-bond acceptors (Lipinski definition) is 3. The number of hydrogen-bond donors (Lipinski definition) is 1. The first kappa shape index (κ1) is 14.1. The van der Waals surface area contributed by atoms with Crippen molar-refractivity contribution in [1.82, 2.24) is 4.90 Å². The number of aliphatic hydroxyl groups excluding tert-OH is 1. The van der Waals surface area contributed by atoms with E-state index < -0.39 is 0 Å². The number of rotatable bonds is 4. The molecule has 110 valence electrons. The standard InChI is InChI=1S/C17H25NO2/c1-13(17(19)14-6-3-2-4-7-14)12-18-10-11-20-16-9-5-8-15(16)18/h2-4,6-7,13,15-17,19H,5,8-12H2,1H3. The van der Waals surface area contributed by atoms with Gasteiger partial charge in [0, 0.05) is 19.1 Å². The Morgan fingerprint density at radius 1 is 1.30 bits per heavy atom. The summed E-state index contributed by atoms with van der Waals surface area (Å²) in [6, 6.07) is 10.6. The highest BCUT2D eigenvalue weighted by Crippen LogP contribution is 2.31. The quantitative estimate of drug-likeness (QED) is 0.917. The van der Waals surface area contributed by atoms with Crippen molar-refractivity contribution in [3.8, 4) is 0 Å². The number of fused-ring (bicyclic) bond motifs is 1. The Balaban J connectivity index is 1.62. The largest absolute Gasteiger partial charge is 0.388 e. The molecule has 0 bridgehead atoms. The molecule has 1 N–H and O–H groups in total. The lowest BCUT2D eigenvalue weighted by Crippen LogP contribution is -2.50. The number of benzene rings is 1. The second kappa shape index (κ2) is 6.25. The second-order valence-corrected chi connectivity index (χ2v) is 6.24. The summed E-state index contributed by atoms with van der Waals surface area (Å²) in [6.45, 7) is 4.96. The third-order valence-corrected chi connectivity index (χ3v) is 4.80. The van der Waals surface area contributed by atoms with Gasteiger partial charge in [0.05, 0.1) is 18.8 Å². The Kier molecular flexibility index (Phi) is 4.39. The van der Waals surface area contributed by atoms with Crippen LogP contribution in [-0.4, -0.2) is 41.8 Å². The minimum atomic E-state index is -0.376. The highest BCUT2D eigenvalue weighted by Gasteiger charge is 2.36. The van der Waals surface area contributed by atoms with Crippen molar-refractivity contribution in [1.29, 1.82) is 0 Å². The van der Waals surface area contributed by atoms with E-state index in [-0.39, 0.29) is 12.0 Å². The molecule has 1 aromatic rings. The number of morpholine rings is 1. The van der Waals surface area contributed by atoms with E-state index in [1.165, 1.54) is 19.3 Å². The molecule has 0 spiro atoms. The predicted octanol–water partition coefficient (Wildman–Crippen LogP) is 2.61.